The van der Waals surface area contributed by atoms with Crippen molar-refractivity contribution in [3.05, 3.63) is 107 Å². The lowest BCUT2D eigenvalue weighted by molar-refractivity contribution is 0.566. The highest BCUT2D eigenvalue weighted by molar-refractivity contribution is 5.93. The Bertz CT molecular complexity index is 1190. The van der Waals surface area contributed by atoms with Crippen molar-refractivity contribution < 1.29 is 4.42 Å². The number of benzene rings is 3. The van der Waals surface area contributed by atoms with Crippen LogP contribution >= 0.6 is 0 Å². The second kappa shape index (κ2) is 7.84. The lowest BCUT2D eigenvalue weighted by Crippen LogP contribution is -1.92. The van der Waals surface area contributed by atoms with Gasteiger partial charge in [-0.05, 0) is 63.9 Å². The van der Waals surface area contributed by atoms with Crippen LogP contribution < -0.4 is 0 Å². The molecule has 0 N–H and O–H groups in total. The molecule has 0 aliphatic heterocycles. The predicted octanol–water partition coefficient (Wildman–Crippen LogP) is 8.22. The zero-order valence-corrected chi connectivity index (χ0v) is 17.6. The van der Waals surface area contributed by atoms with Crippen LogP contribution in [0.25, 0.3) is 34.1 Å². The van der Waals surface area contributed by atoms with Crippen molar-refractivity contribution in [1.29, 1.82) is 0 Å². The lowest BCUT2D eigenvalue weighted by atomic mass is 9.93. The average Bonchev–Trinajstić information content (AvgIpc) is 3.46. The van der Waals surface area contributed by atoms with E-state index in [1.165, 1.54) is 39.8 Å². The van der Waals surface area contributed by atoms with Gasteiger partial charge in [-0.15, -0.1) is 0 Å². The first-order chi connectivity index (χ1) is 14.7. The van der Waals surface area contributed by atoms with Gasteiger partial charge in [-0.25, -0.2) is 0 Å². The highest BCUT2D eigenvalue weighted by atomic mass is 16.3. The fourth-order valence-electron chi connectivity index (χ4n) is 4.27. The number of hydrogen-bond donors (Lipinski definition) is 0. The summed E-state index contributed by atoms with van der Waals surface area (Å²) in [5, 5.41) is 0. The molecule has 0 saturated carbocycles. The first-order valence-electron chi connectivity index (χ1n) is 10.8. The Morgan fingerprint density at radius 1 is 0.767 bits per heavy atom. The van der Waals surface area contributed by atoms with Crippen LogP contribution in [0.2, 0.25) is 0 Å². The van der Waals surface area contributed by atoms with E-state index in [4.69, 9.17) is 4.42 Å². The summed E-state index contributed by atoms with van der Waals surface area (Å²) >= 11 is 0. The molecule has 148 valence electrons. The second-order valence-corrected chi connectivity index (χ2v) is 8.19. The Hall–Kier alpha value is -3.32. The van der Waals surface area contributed by atoms with Gasteiger partial charge in [-0.2, -0.15) is 0 Å². The third-order valence-electron chi connectivity index (χ3n) is 6.28. The van der Waals surface area contributed by atoms with Gasteiger partial charge in [-0.3, -0.25) is 0 Å². The van der Waals surface area contributed by atoms with E-state index in [1.54, 1.807) is 0 Å². The molecule has 1 heterocycles. The summed E-state index contributed by atoms with van der Waals surface area (Å²) in [4.78, 5) is 0. The van der Waals surface area contributed by atoms with Gasteiger partial charge in [-0.1, -0.05) is 86.6 Å². The number of allylic oxidation sites excluding steroid dienone is 1. The van der Waals surface area contributed by atoms with Gasteiger partial charge in [0.05, 0.1) is 0 Å². The summed E-state index contributed by atoms with van der Waals surface area (Å²) < 4.78 is 6.22. The van der Waals surface area contributed by atoms with Crippen LogP contribution in [0.3, 0.4) is 0 Å². The molecular formula is C29H26O. The third kappa shape index (κ3) is 3.41. The van der Waals surface area contributed by atoms with Crippen LogP contribution in [0.1, 0.15) is 48.6 Å². The Morgan fingerprint density at radius 3 is 2.30 bits per heavy atom. The van der Waals surface area contributed by atoms with Crippen LogP contribution in [-0.4, -0.2) is 0 Å². The zero-order valence-electron chi connectivity index (χ0n) is 17.6. The Kier molecular flexibility index (Phi) is 4.88. The predicted molar refractivity (Wildman–Crippen MR) is 126 cm³/mol. The molecule has 0 fully saturated rings. The van der Waals surface area contributed by atoms with Crippen molar-refractivity contribution in [3.8, 4) is 22.5 Å². The van der Waals surface area contributed by atoms with Crippen LogP contribution in [0.4, 0.5) is 0 Å². The first-order valence-corrected chi connectivity index (χ1v) is 10.8. The van der Waals surface area contributed by atoms with Gasteiger partial charge in [0.15, 0.2) is 0 Å². The van der Waals surface area contributed by atoms with E-state index >= 15 is 0 Å². The Balaban J connectivity index is 1.47. The third-order valence-corrected chi connectivity index (χ3v) is 6.28. The van der Waals surface area contributed by atoms with Crippen molar-refractivity contribution in [3.63, 3.8) is 0 Å². The summed E-state index contributed by atoms with van der Waals surface area (Å²) in [6.45, 7) is 4.53. The molecule has 1 nitrogen and oxygen atoms in total. The standard InChI is InChI=1S/C29H26O/c1-3-20(2)21-12-14-22(15-13-21)26-11-7-10-24-18-25(19-27(24)26)29-17-16-28(30-29)23-8-5-4-6-9-23/h4-17,19-20H,3,18H2,1-2H3. The van der Waals surface area contributed by atoms with Gasteiger partial charge in [0.2, 0.25) is 0 Å². The molecule has 0 saturated heterocycles. The van der Waals surface area contributed by atoms with E-state index in [-0.39, 0.29) is 0 Å². The number of fused-ring (bicyclic) bond motifs is 1. The first kappa shape index (κ1) is 18.7. The minimum absolute atomic E-state index is 0.602. The quantitative estimate of drug-likeness (QED) is 0.334. The van der Waals surface area contributed by atoms with Crippen LogP contribution in [0.5, 0.6) is 0 Å². The molecule has 1 atom stereocenters. The normalized spacial score (nSPS) is 13.7. The molecule has 0 spiro atoms. The van der Waals surface area contributed by atoms with E-state index in [1.807, 2.05) is 18.2 Å². The summed E-state index contributed by atoms with van der Waals surface area (Å²) in [6, 6.07) is 30.2. The van der Waals surface area contributed by atoms with Crippen molar-refractivity contribution in [2.75, 3.05) is 0 Å². The molecule has 1 unspecified atom stereocenters. The SMILES string of the molecule is CCC(C)c1ccc(-c2cccc3c2C=C(c2ccc(-c4ccccc4)o2)C3)cc1. The fourth-order valence-corrected chi connectivity index (χ4v) is 4.27. The Morgan fingerprint density at radius 2 is 1.53 bits per heavy atom. The number of furan rings is 1. The molecule has 1 aliphatic carbocycles. The highest BCUT2D eigenvalue weighted by Gasteiger charge is 2.20. The molecule has 1 aliphatic rings. The van der Waals surface area contributed by atoms with E-state index in [0.29, 0.717) is 5.92 Å². The maximum absolute atomic E-state index is 6.22. The Labute approximate surface area is 178 Å². The van der Waals surface area contributed by atoms with E-state index in [0.717, 1.165) is 23.5 Å². The van der Waals surface area contributed by atoms with Gasteiger partial charge in [0, 0.05) is 12.0 Å². The number of rotatable bonds is 5. The largest absolute Gasteiger partial charge is 0.456 e. The monoisotopic (exact) mass is 390 g/mol. The number of hydrogen-bond acceptors (Lipinski definition) is 1. The van der Waals surface area contributed by atoms with Gasteiger partial charge in [0.1, 0.15) is 11.5 Å². The van der Waals surface area contributed by atoms with E-state index in [9.17, 15) is 0 Å². The second-order valence-electron chi connectivity index (χ2n) is 8.19. The minimum Gasteiger partial charge on any atom is -0.456 e. The average molecular weight is 391 g/mol. The molecule has 4 aromatic rings. The van der Waals surface area contributed by atoms with Crippen molar-refractivity contribution in [1.82, 2.24) is 0 Å². The molecule has 1 heteroatoms. The van der Waals surface area contributed by atoms with Crippen molar-refractivity contribution in [2.45, 2.75) is 32.6 Å². The molecule has 0 amide bonds. The molecule has 1 aromatic heterocycles. The summed E-state index contributed by atoms with van der Waals surface area (Å²) in [6.07, 6.45) is 4.39. The summed E-state index contributed by atoms with van der Waals surface area (Å²) in [5.74, 6) is 2.48. The van der Waals surface area contributed by atoms with Crippen LogP contribution in [0.15, 0.2) is 89.3 Å². The fraction of sp³-hybridized carbons (Fsp3) is 0.172. The molecular weight excluding hydrogens is 364 g/mol. The summed E-state index contributed by atoms with van der Waals surface area (Å²) in [7, 11) is 0. The molecule has 0 radical (unpaired) electrons. The van der Waals surface area contributed by atoms with E-state index in [2.05, 4.69) is 86.7 Å². The van der Waals surface area contributed by atoms with Gasteiger partial charge < -0.3 is 4.42 Å². The topological polar surface area (TPSA) is 13.1 Å². The summed E-state index contributed by atoms with van der Waals surface area (Å²) in [5.41, 5.74) is 9.04. The maximum Gasteiger partial charge on any atom is 0.134 e. The van der Waals surface area contributed by atoms with Crippen LogP contribution in [0, 0.1) is 0 Å². The minimum atomic E-state index is 0.602. The smallest absolute Gasteiger partial charge is 0.134 e. The maximum atomic E-state index is 6.22. The van der Waals surface area contributed by atoms with E-state index < -0.39 is 0 Å². The zero-order chi connectivity index (χ0) is 20.5. The van der Waals surface area contributed by atoms with Crippen molar-refractivity contribution in [2.24, 2.45) is 0 Å². The highest BCUT2D eigenvalue weighted by Crippen LogP contribution is 2.39. The van der Waals surface area contributed by atoms with Gasteiger partial charge >= 0.3 is 0 Å². The molecule has 5 rings (SSSR count). The molecule has 30 heavy (non-hydrogen) atoms. The lowest BCUT2D eigenvalue weighted by Gasteiger charge is -2.11. The van der Waals surface area contributed by atoms with Crippen molar-refractivity contribution >= 4 is 11.6 Å². The van der Waals surface area contributed by atoms with Crippen LogP contribution in [-0.2, 0) is 6.42 Å². The molecule has 0 bridgehead atoms. The van der Waals surface area contributed by atoms with Gasteiger partial charge in [0.25, 0.3) is 0 Å². The molecule has 3 aromatic carbocycles.